The first kappa shape index (κ1) is 13.5. The van der Waals surface area contributed by atoms with Gasteiger partial charge in [0, 0.05) is 19.0 Å². The molecule has 2 aromatic heterocycles. The lowest BCUT2D eigenvalue weighted by Gasteiger charge is -2.13. The highest BCUT2D eigenvalue weighted by molar-refractivity contribution is 5.91. The van der Waals surface area contributed by atoms with E-state index in [1.54, 1.807) is 17.6 Å². The van der Waals surface area contributed by atoms with Gasteiger partial charge in [0.15, 0.2) is 5.65 Å². The Labute approximate surface area is 121 Å². The number of para-hydroxylation sites is 1. The van der Waals surface area contributed by atoms with Crippen LogP contribution in [-0.2, 0) is 13.6 Å². The second-order valence-corrected chi connectivity index (χ2v) is 5.22. The molecule has 0 amide bonds. The van der Waals surface area contributed by atoms with Crippen molar-refractivity contribution in [2.75, 3.05) is 0 Å². The van der Waals surface area contributed by atoms with Crippen molar-refractivity contribution in [1.29, 1.82) is 0 Å². The number of fused-ring (bicyclic) bond motifs is 2. The lowest BCUT2D eigenvalue weighted by atomic mass is 10.1. The molecule has 0 aliphatic heterocycles. The maximum atomic E-state index is 12.7. The number of rotatable bonds is 2. The zero-order valence-electron chi connectivity index (χ0n) is 12.4. The number of hydrogen-bond acceptors (Lipinski definition) is 3. The highest BCUT2D eigenvalue weighted by Crippen LogP contribution is 2.14. The summed E-state index contributed by atoms with van der Waals surface area (Å²) in [4.78, 5) is 29.8. The van der Waals surface area contributed by atoms with Crippen LogP contribution in [0.15, 0.2) is 33.9 Å². The molecule has 3 rings (SSSR count). The van der Waals surface area contributed by atoms with E-state index in [0.29, 0.717) is 23.4 Å². The van der Waals surface area contributed by atoms with Gasteiger partial charge in [0.1, 0.15) is 11.2 Å². The highest BCUT2D eigenvalue weighted by Gasteiger charge is 2.15. The summed E-state index contributed by atoms with van der Waals surface area (Å²) in [5.41, 5.74) is 0.759. The van der Waals surface area contributed by atoms with E-state index in [9.17, 15) is 9.59 Å². The van der Waals surface area contributed by atoms with Gasteiger partial charge in [-0.15, -0.1) is 0 Å². The van der Waals surface area contributed by atoms with Crippen molar-refractivity contribution in [3.8, 4) is 0 Å². The summed E-state index contributed by atoms with van der Waals surface area (Å²) in [5, 5.41) is 0.730. The molecular formula is C16H17N3O2. The fourth-order valence-electron chi connectivity index (χ4n) is 2.78. The number of aromatic nitrogens is 3. The molecule has 0 unspecified atom stereocenters. The molecule has 0 radical (unpaired) electrons. The summed E-state index contributed by atoms with van der Waals surface area (Å²) in [6.07, 6.45) is 0.821. The normalized spacial score (nSPS) is 11.4. The molecule has 3 aromatic rings. The standard InChI is InChI=1S/C16H17N3O2/c1-4-9-19-10(2)17-15-13(16(19)21)14(20)11-7-5-6-8-12(11)18(15)3/h5-8H,4,9H2,1-3H3. The third-order valence-corrected chi connectivity index (χ3v) is 3.84. The smallest absolute Gasteiger partial charge is 0.266 e. The van der Waals surface area contributed by atoms with Crippen LogP contribution in [0.4, 0.5) is 0 Å². The summed E-state index contributed by atoms with van der Waals surface area (Å²) in [6.45, 7) is 4.37. The van der Waals surface area contributed by atoms with E-state index >= 15 is 0 Å². The average Bonchev–Trinajstić information content (AvgIpc) is 2.48. The zero-order valence-corrected chi connectivity index (χ0v) is 12.4. The van der Waals surface area contributed by atoms with E-state index in [1.165, 1.54) is 0 Å². The number of pyridine rings is 1. The third kappa shape index (κ3) is 1.88. The predicted molar refractivity (Wildman–Crippen MR) is 83.8 cm³/mol. The molecule has 0 atom stereocenters. The van der Waals surface area contributed by atoms with Crippen LogP contribution in [-0.4, -0.2) is 14.1 Å². The Bertz CT molecular complexity index is 967. The minimum atomic E-state index is -0.245. The summed E-state index contributed by atoms with van der Waals surface area (Å²) in [5.74, 6) is 0.639. The Morgan fingerprint density at radius 2 is 1.90 bits per heavy atom. The molecular weight excluding hydrogens is 266 g/mol. The van der Waals surface area contributed by atoms with Gasteiger partial charge >= 0.3 is 0 Å². The van der Waals surface area contributed by atoms with Gasteiger partial charge in [-0.25, -0.2) is 4.98 Å². The van der Waals surface area contributed by atoms with Gasteiger partial charge in [0.2, 0.25) is 5.43 Å². The first-order valence-electron chi connectivity index (χ1n) is 7.05. The van der Waals surface area contributed by atoms with Crippen LogP contribution in [0.2, 0.25) is 0 Å². The Morgan fingerprint density at radius 1 is 1.19 bits per heavy atom. The van der Waals surface area contributed by atoms with Crippen molar-refractivity contribution in [3.05, 3.63) is 50.7 Å². The van der Waals surface area contributed by atoms with Crippen LogP contribution in [0.5, 0.6) is 0 Å². The van der Waals surface area contributed by atoms with Crippen LogP contribution >= 0.6 is 0 Å². The second-order valence-electron chi connectivity index (χ2n) is 5.22. The van der Waals surface area contributed by atoms with Crippen molar-refractivity contribution in [1.82, 2.24) is 14.1 Å². The van der Waals surface area contributed by atoms with Crippen molar-refractivity contribution < 1.29 is 0 Å². The zero-order chi connectivity index (χ0) is 15.1. The Morgan fingerprint density at radius 3 is 2.62 bits per heavy atom. The first-order valence-corrected chi connectivity index (χ1v) is 7.05. The SMILES string of the molecule is CCCn1c(C)nc2c(c(=O)c3ccccc3n2C)c1=O. The van der Waals surface area contributed by atoms with Gasteiger partial charge in [-0.05, 0) is 25.5 Å². The molecule has 0 aliphatic carbocycles. The molecule has 5 nitrogen and oxygen atoms in total. The Kier molecular flexibility index (Phi) is 3.12. The molecule has 1 aromatic carbocycles. The van der Waals surface area contributed by atoms with E-state index in [4.69, 9.17) is 0 Å². The van der Waals surface area contributed by atoms with Gasteiger partial charge in [-0.2, -0.15) is 0 Å². The molecule has 0 N–H and O–H groups in total. The molecule has 2 heterocycles. The number of aryl methyl sites for hydroxylation is 2. The molecule has 21 heavy (non-hydrogen) atoms. The largest absolute Gasteiger partial charge is 0.328 e. The van der Waals surface area contributed by atoms with Gasteiger partial charge in [-0.3, -0.25) is 14.2 Å². The number of nitrogens with zero attached hydrogens (tertiary/aromatic N) is 3. The van der Waals surface area contributed by atoms with Gasteiger partial charge in [-0.1, -0.05) is 19.1 Å². The Balaban J connectivity index is 2.61. The maximum absolute atomic E-state index is 12.7. The van der Waals surface area contributed by atoms with E-state index < -0.39 is 0 Å². The molecule has 5 heteroatoms. The fraction of sp³-hybridized carbons (Fsp3) is 0.312. The fourth-order valence-corrected chi connectivity index (χ4v) is 2.78. The summed E-state index contributed by atoms with van der Waals surface area (Å²) in [6, 6.07) is 7.30. The lowest BCUT2D eigenvalue weighted by molar-refractivity contribution is 0.623. The van der Waals surface area contributed by atoms with Crippen LogP contribution in [0, 0.1) is 6.92 Å². The van der Waals surface area contributed by atoms with Crippen molar-refractivity contribution in [3.63, 3.8) is 0 Å². The minimum Gasteiger partial charge on any atom is -0.328 e. The quantitative estimate of drug-likeness (QED) is 0.676. The molecule has 108 valence electrons. The predicted octanol–water partition coefficient (Wildman–Crippen LogP) is 1.97. The minimum absolute atomic E-state index is 0.176. The lowest BCUT2D eigenvalue weighted by Crippen LogP contribution is -2.29. The topological polar surface area (TPSA) is 56.9 Å². The van der Waals surface area contributed by atoms with Crippen molar-refractivity contribution in [2.24, 2.45) is 7.05 Å². The highest BCUT2D eigenvalue weighted by atomic mass is 16.1. The monoisotopic (exact) mass is 283 g/mol. The van der Waals surface area contributed by atoms with Gasteiger partial charge < -0.3 is 4.57 Å². The second kappa shape index (κ2) is 4.84. The summed E-state index contributed by atoms with van der Waals surface area (Å²) >= 11 is 0. The van der Waals surface area contributed by atoms with Crippen molar-refractivity contribution in [2.45, 2.75) is 26.8 Å². The van der Waals surface area contributed by atoms with E-state index in [1.807, 2.05) is 36.7 Å². The summed E-state index contributed by atoms with van der Waals surface area (Å²) < 4.78 is 3.40. The van der Waals surface area contributed by atoms with Crippen LogP contribution in [0.1, 0.15) is 19.2 Å². The molecule has 0 saturated heterocycles. The first-order chi connectivity index (χ1) is 10.1. The number of benzene rings is 1. The average molecular weight is 283 g/mol. The van der Waals surface area contributed by atoms with Crippen LogP contribution < -0.4 is 11.0 Å². The Hall–Kier alpha value is -2.43. The van der Waals surface area contributed by atoms with Crippen molar-refractivity contribution >= 4 is 21.9 Å². The van der Waals surface area contributed by atoms with E-state index in [0.717, 1.165) is 11.9 Å². The van der Waals surface area contributed by atoms with Crippen LogP contribution in [0.25, 0.3) is 21.9 Å². The van der Waals surface area contributed by atoms with Gasteiger partial charge in [0.05, 0.1) is 5.52 Å². The molecule has 0 saturated carbocycles. The summed E-state index contributed by atoms with van der Waals surface area (Å²) in [7, 11) is 1.83. The maximum Gasteiger partial charge on any atom is 0.266 e. The van der Waals surface area contributed by atoms with E-state index in [-0.39, 0.29) is 16.4 Å². The van der Waals surface area contributed by atoms with E-state index in [2.05, 4.69) is 4.98 Å². The molecule has 0 bridgehead atoms. The number of hydrogen-bond donors (Lipinski definition) is 0. The van der Waals surface area contributed by atoms with Crippen LogP contribution in [0.3, 0.4) is 0 Å². The van der Waals surface area contributed by atoms with Gasteiger partial charge in [0.25, 0.3) is 5.56 Å². The third-order valence-electron chi connectivity index (χ3n) is 3.84. The molecule has 0 aliphatic rings. The molecule has 0 spiro atoms. The molecule has 0 fully saturated rings.